The van der Waals surface area contributed by atoms with Crippen LogP contribution in [0.4, 0.5) is 32.0 Å². The van der Waals surface area contributed by atoms with Crippen molar-refractivity contribution in [1.82, 2.24) is 20.5 Å². The summed E-state index contributed by atoms with van der Waals surface area (Å²) in [5, 5.41) is 5.64. The number of rotatable bonds is 7. The summed E-state index contributed by atoms with van der Waals surface area (Å²) in [4.78, 5) is 20.3. The predicted molar refractivity (Wildman–Crippen MR) is 148 cm³/mol. The van der Waals surface area contributed by atoms with E-state index in [9.17, 15) is 31.1 Å². The number of halogens is 6. The largest absolute Gasteiger partial charge is 0.573 e. The lowest BCUT2D eigenvalue weighted by Gasteiger charge is -2.27. The summed E-state index contributed by atoms with van der Waals surface area (Å²) in [5.74, 6) is 9.43. The molecule has 1 heterocycles. The smallest absolute Gasteiger partial charge is 0.406 e. The van der Waals surface area contributed by atoms with Crippen LogP contribution < -0.4 is 27.2 Å². The fourth-order valence-electron chi connectivity index (χ4n) is 4.44. The molecule has 0 aromatic heterocycles. The third-order valence-electron chi connectivity index (χ3n) is 6.45. The van der Waals surface area contributed by atoms with E-state index >= 15 is 0 Å². The molecule has 1 saturated heterocycles. The molecule has 10 nitrogen and oxygen atoms in total. The lowest BCUT2D eigenvalue weighted by molar-refractivity contribution is -0.274. The van der Waals surface area contributed by atoms with Gasteiger partial charge >= 0.3 is 12.5 Å². The van der Waals surface area contributed by atoms with Gasteiger partial charge < -0.3 is 20.4 Å². The minimum atomic E-state index is -4.87. The number of likely N-dealkylation sites (N-methyl/N-ethyl adjacent to an activating group) is 1. The van der Waals surface area contributed by atoms with Crippen molar-refractivity contribution in [3.05, 3.63) is 83.1 Å². The molecule has 16 heteroatoms. The van der Waals surface area contributed by atoms with Gasteiger partial charge in [0, 0.05) is 36.8 Å². The van der Waals surface area contributed by atoms with Gasteiger partial charge in [-0.15, -0.1) is 18.3 Å². The van der Waals surface area contributed by atoms with E-state index in [4.69, 9.17) is 11.7 Å². The molecule has 232 valence electrons. The number of guanidine groups is 2. The van der Waals surface area contributed by atoms with Gasteiger partial charge in [0.1, 0.15) is 5.75 Å². The van der Waals surface area contributed by atoms with Gasteiger partial charge in [0.25, 0.3) is 5.91 Å². The van der Waals surface area contributed by atoms with Crippen molar-refractivity contribution in [3.8, 4) is 5.75 Å². The number of benzene rings is 2. The van der Waals surface area contributed by atoms with E-state index in [0.29, 0.717) is 11.3 Å². The van der Waals surface area contributed by atoms with Crippen LogP contribution >= 0.6 is 0 Å². The van der Waals surface area contributed by atoms with Crippen LogP contribution in [0.5, 0.6) is 5.75 Å². The molecule has 1 atom stereocenters. The molecule has 0 aliphatic carbocycles. The van der Waals surface area contributed by atoms with Gasteiger partial charge in [-0.3, -0.25) is 15.5 Å². The summed E-state index contributed by atoms with van der Waals surface area (Å²) < 4.78 is 83.1. The van der Waals surface area contributed by atoms with E-state index in [1.807, 2.05) is 0 Å². The number of amides is 1. The number of hydrogen-bond donors (Lipinski definition) is 4. The van der Waals surface area contributed by atoms with Crippen LogP contribution in [0.15, 0.2) is 82.0 Å². The first-order valence-corrected chi connectivity index (χ1v) is 12.7. The Kier molecular flexibility index (Phi) is 10.3. The van der Waals surface area contributed by atoms with E-state index in [2.05, 4.69) is 25.6 Å². The summed E-state index contributed by atoms with van der Waals surface area (Å²) >= 11 is 0. The molecule has 1 unspecified atom stereocenters. The summed E-state index contributed by atoms with van der Waals surface area (Å²) in [6, 6.07) is 10.2. The zero-order valence-corrected chi connectivity index (χ0v) is 23.3. The molecule has 1 aliphatic heterocycles. The number of nitrogens with zero attached hydrogens (tertiary/aromatic N) is 4. The number of carbonyl (C=O) groups excluding carboxylic acids is 1. The molecule has 2 aromatic carbocycles. The number of aliphatic imine (C=N–C) groups is 1. The number of nitrogens with two attached hydrogens (primary N) is 2. The zero-order chi connectivity index (χ0) is 31.9. The number of hydrazine groups is 1. The van der Waals surface area contributed by atoms with Crippen molar-refractivity contribution in [1.29, 1.82) is 0 Å². The molecule has 0 bridgehead atoms. The molecule has 43 heavy (non-hydrogen) atoms. The number of alkyl halides is 6. The Bertz CT molecular complexity index is 1400. The van der Waals surface area contributed by atoms with Crippen LogP contribution in [0, 0.1) is 0 Å². The summed E-state index contributed by atoms with van der Waals surface area (Å²) in [5.41, 5.74) is 3.04. The molecule has 3 rings (SSSR count). The fourth-order valence-corrected chi connectivity index (χ4v) is 4.44. The van der Waals surface area contributed by atoms with Gasteiger partial charge in [-0.05, 0) is 55.8 Å². The van der Waals surface area contributed by atoms with E-state index in [1.54, 1.807) is 42.0 Å². The van der Waals surface area contributed by atoms with Crippen molar-refractivity contribution >= 4 is 23.5 Å². The van der Waals surface area contributed by atoms with Crippen molar-refractivity contribution < 1.29 is 35.9 Å². The molecule has 6 N–H and O–H groups in total. The lowest BCUT2D eigenvalue weighted by atomic mass is 10.0. The number of allylic oxidation sites excluding steroid dienone is 2. The number of ether oxygens (including phenoxy) is 1. The topological polar surface area (TPSA) is 134 Å². The van der Waals surface area contributed by atoms with Crippen LogP contribution in [0.25, 0.3) is 0 Å². The summed E-state index contributed by atoms with van der Waals surface area (Å²) in [7, 11) is 1.64. The van der Waals surface area contributed by atoms with Gasteiger partial charge in [-0.1, -0.05) is 24.3 Å². The maximum atomic E-state index is 13.8. The summed E-state index contributed by atoms with van der Waals surface area (Å²) in [6.07, 6.45) is -7.13. The maximum absolute atomic E-state index is 13.8. The number of nitrogens with one attached hydrogen (secondary N) is 2. The van der Waals surface area contributed by atoms with Crippen molar-refractivity contribution in [2.75, 3.05) is 7.05 Å². The third-order valence-corrected chi connectivity index (χ3v) is 6.45. The minimum absolute atomic E-state index is 0.0804. The molecule has 0 spiro atoms. The molecular formula is C27H30F6N8O2. The Balaban J connectivity index is 2.00. The molecule has 0 radical (unpaired) electrons. The monoisotopic (exact) mass is 612 g/mol. The highest BCUT2D eigenvalue weighted by Gasteiger charge is 2.42. The highest BCUT2D eigenvalue weighted by Crippen LogP contribution is 2.37. The van der Waals surface area contributed by atoms with Gasteiger partial charge in [0.05, 0.1) is 11.7 Å². The van der Waals surface area contributed by atoms with Crippen molar-refractivity contribution in [2.24, 2.45) is 21.8 Å². The van der Waals surface area contributed by atoms with E-state index in [1.165, 1.54) is 31.2 Å². The Morgan fingerprint density at radius 2 is 1.67 bits per heavy atom. The standard InChI is InChI=1S/C27H30F6N8O2/c1-4-18(26(28,29)30)14-22-21(5-2)40(3)25(36-19-10-12-20(13-11-19)43-27(31,32)33)41(22)15-16-6-8-17(9-7-16)23(42)37-24(38-34)39-35/h4-13,22H,14-15,34-35H2,1-3H3,(H2,37,38,39,42)/b18-4+,21-5-,36-25?. The maximum Gasteiger partial charge on any atom is 0.573 e. The number of hydrogen-bond acceptors (Lipinski definition) is 6. The highest BCUT2D eigenvalue weighted by atomic mass is 19.4. The molecule has 0 saturated carbocycles. The van der Waals surface area contributed by atoms with Crippen LogP contribution in [-0.4, -0.2) is 53.3 Å². The SMILES string of the molecule is C/C=C1/C(C/C(=C\C)C(F)(F)F)N(Cc2ccc(C(=O)N/C(=N/N)NN)cc2)C(=Nc2ccc(OC(F)(F)F)cc2)N1C. The second-order valence-electron chi connectivity index (χ2n) is 9.16. The lowest BCUT2D eigenvalue weighted by Crippen LogP contribution is -2.45. The van der Waals surface area contributed by atoms with Gasteiger partial charge in [0.15, 0.2) is 0 Å². The Morgan fingerprint density at radius 1 is 1.05 bits per heavy atom. The second-order valence-corrected chi connectivity index (χ2v) is 9.16. The van der Waals surface area contributed by atoms with Crippen molar-refractivity contribution in [2.45, 2.75) is 45.4 Å². The normalized spacial score (nSPS) is 18.4. The van der Waals surface area contributed by atoms with Gasteiger partial charge in [-0.25, -0.2) is 10.8 Å². The first-order chi connectivity index (χ1) is 20.2. The van der Waals surface area contributed by atoms with Gasteiger partial charge in [-0.2, -0.15) is 13.2 Å². The van der Waals surface area contributed by atoms with E-state index in [0.717, 1.165) is 18.2 Å². The van der Waals surface area contributed by atoms with Crippen LogP contribution in [-0.2, 0) is 6.54 Å². The predicted octanol–water partition coefficient (Wildman–Crippen LogP) is 4.61. The highest BCUT2D eigenvalue weighted by molar-refractivity contribution is 6.05. The van der Waals surface area contributed by atoms with Gasteiger partial charge in [0.2, 0.25) is 11.9 Å². The van der Waals surface area contributed by atoms with Crippen LogP contribution in [0.2, 0.25) is 0 Å². The zero-order valence-electron chi connectivity index (χ0n) is 23.3. The number of carbonyl (C=O) groups is 1. The molecule has 1 fully saturated rings. The fraction of sp³-hybridized carbons (Fsp3) is 0.296. The van der Waals surface area contributed by atoms with E-state index in [-0.39, 0.29) is 29.7 Å². The quantitative estimate of drug-likeness (QED) is 0.0896. The first-order valence-electron chi connectivity index (χ1n) is 12.7. The second kappa shape index (κ2) is 13.5. The average Bonchev–Trinajstić information content (AvgIpc) is 3.18. The number of hydrazone groups is 1. The van der Waals surface area contributed by atoms with Crippen LogP contribution in [0.1, 0.15) is 36.2 Å². The first kappa shape index (κ1) is 32.8. The minimum Gasteiger partial charge on any atom is -0.406 e. The third kappa shape index (κ3) is 8.41. The van der Waals surface area contributed by atoms with E-state index < -0.39 is 42.2 Å². The van der Waals surface area contributed by atoms with Crippen molar-refractivity contribution in [3.63, 3.8) is 0 Å². The average molecular weight is 613 g/mol. The molecule has 1 aliphatic rings. The molecular weight excluding hydrogens is 582 g/mol. The van der Waals surface area contributed by atoms with Crippen LogP contribution in [0.3, 0.4) is 0 Å². The summed E-state index contributed by atoms with van der Waals surface area (Å²) in [6.45, 7) is 3.08. The Morgan fingerprint density at radius 3 is 2.16 bits per heavy atom. The molecule has 1 amide bonds. The Hall–Kier alpha value is -4.73. The molecule has 2 aromatic rings. The Labute approximate surface area is 243 Å².